The molecule has 0 heterocycles. The van der Waals surface area contributed by atoms with Gasteiger partial charge in [0.25, 0.3) is 0 Å². The molecule has 4 nitrogen and oxygen atoms in total. The van der Waals surface area contributed by atoms with Crippen LogP contribution in [0.15, 0.2) is 12.2 Å². The summed E-state index contributed by atoms with van der Waals surface area (Å²) in [6.07, 6.45) is 51.4. The Hall–Kier alpha value is -0.870. The first-order chi connectivity index (χ1) is 24.2. The van der Waals surface area contributed by atoms with E-state index in [0.29, 0.717) is 19.6 Å². The van der Waals surface area contributed by atoms with Crippen LogP contribution >= 0.6 is 0 Å². The fraction of sp³-hybridized carbons (Fsp3) is 0.933. The Kier molecular flexibility index (Phi) is 42.5. The van der Waals surface area contributed by atoms with E-state index in [-0.39, 0.29) is 12.6 Å². The van der Waals surface area contributed by atoms with Crippen LogP contribution in [0.2, 0.25) is 0 Å². The van der Waals surface area contributed by atoms with Gasteiger partial charge in [0.2, 0.25) is 0 Å². The van der Waals surface area contributed by atoms with E-state index in [0.717, 1.165) is 19.3 Å². The molecule has 0 fully saturated rings. The Morgan fingerprint density at radius 2 is 0.796 bits per heavy atom. The fourth-order valence-corrected chi connectivity index (χ4v) is 6.74. The quantitative estimate of drug-likeness (QED) is 0.0393. The van der Waals surface area contributed by atoms with E-state index >= 15 is 0 Å². The molecule has 0 aliphatic rings. The summed E-state index contributed by atoms with van der Waals surface area (Å²) in [7, 11) is 0. The molecule has 1 atom stereocenters. The SMILES string of the molecule is CCCCCCCCCC/C=C\CCCCCCCCCCCCCCCC(=O)OC(CO)COCCCCCCCCCCCCCC. The number of carbonyl (C=O) groups excluding carboxylic acids is 1. The van der Waals surface area contributed by atoms with Gasteiger partial charge in [0.15, 0.2) is 0 Å². The van der Waals surface area contributed by atoms with Crippen LogP contribution in [0.1, 0.15) is 245 Å². The molecule has 49 heavy (non-hydrogen) atoms. The minimum Gasteiger partial charge on any atom is -0.457 e. The zero-order valence-corrected chi connectivity index (χ0v) is 33.5. The molecule has 0 aliphatic heterocycles. The average Bonchev–Trinajstić information content (AvgIpc) is 3.11. The van der Waals surface area contributed by atoms with Crippen LogP contribution in [0.3, 0.4) is 0 Å². The number of ether oxygens (including phenoxy) is 2. The Balaban J connectivity index is 3.35. The van der Waals surface area contributed by atoms with Crippen molar-refractivity contribution in [1.29, 1.82) is 0 Å². The van der Waals surface area contributed by atoms with Gasteiger partial charge in [-0.1, -0.05) is 212 Å². The number of hydrogen-bond acceptors (Lipinski definition) is 4. The molecule has 0 rings (SSSR count). The van der Waals surface area contributed by atoms with Gasteiger partial charge in [0.05, 0.1) is 13.2 Å². The highest BCUT2D eigenvalue weighted by Gasteiger charge is 2.13. The molecule has 0 aromatic rings. The van der Waals surface area contributed by atoms with E-state index in [2.05, 4.69) is 26.0 Å². The normalized spacial score (nSPS) is 12.3. The lowest BCUT2D eigenvalue weighted by atomic mass is 10.0. The van der Waals surface area contributed by atoms with Crippen molar-refractivity contribution in [3.63, 3.8) is 0 Å². The summed E-state index contributed by atoms with van der Waals surface area (Å²) in [5.74, 6) is -0.196. The zero-order valence-electron chi connectivity index (χ0n) is 33.5. The highest BCUT2D eigenvalue weighted by Crippen LogP contribution is 2.15. The van der Waals surface area contributed by atoms with Crippen molar-refractivity contribution in [2.45, 2.75) is 251 Å². The summed E-state index contributed by atoms with van der Waals surface area (Å²) in [4.78, 5) is 12.2. The Labute approximate surface area is 307 Å². The fourth-order valence-electron chi connectivity index (χ4n) is 6.74. The molecule has 0 bridgehead atoms. The van der Waals surface area contributed by atoms with Gasteiger partial charge in [-0.05, 0) is 38.5 Å². The minimum absolute atomic E-state index is 0.165. The number of carbonyl (C=O) groups is 1. The summed E-state index contributed by atoms with van der Waals surface area (Å²) in [5.41, 5.74) is 0. The van der Waals surface area contributed by atoms with Crippen LogP contribution in [0.4, 0.5) is 0 Å². The van der Waals surface area contributed by atoms with E-state index in [1.165, 1.54) is 205 Å². The van der Waals surface area contributed by atoms with Gasteiger partial charge in [-0.3, -0.25) is 4.79 Å². The largest absolute Gasteiger partial charge is 0.457 e. The number of unbranched alkanes of at least 4 members (excludes halogenated alkanes) is 32. The Bertz CT molecular complexity index is 648. The predicted octanol–water partition coefficient (Wildman–Crippen LogP) is 14.5. The molecule has 0 saturated carbocycles. The second-order valence-corrected chi connectivity index (χ2v) is 15.1. The average molecular weight is 693 g/mol. The van der Waals surface area contributed by atoms with Crippen LogP contribution in [-0.2, 0) is 14.3 Å². The minimum atomic E-state index is -0.527. The maximum Gasteiger partial charge on any atom is 0.306 e. The van der Waals surface area contributed by atoms with Gasteiger partial charge in [-0.2, -0.15) is 0 Å². The smallest absolute Gasteiger partial charge is 0.306 e. The summed E-state index contributed by atoms with van der Waals surface area (Å²) >= 11 is 0. The van der Waals surface area contributed by atoms with Crippen LogP contribution in [0, 0.1) is 0 Å². The van der Waals surface area contributed by atoms with Crippen LogP contribution < -0.4 is 0 Å². The second kappa shape index (κ2) is 43.3. The van der Waals surface area contributed by atoms with Gasteiger partial charge in [0, 0.05) is 13.0 Å². The van der Waals surface area contributed by atoms with Crippen molar-refractivity contribution in [3.05, 3.63) is 12.2 Å². The first kappa shape index (κ1) is 48.1. The molecule has 292 valence electrons. The van der Waals surface area contributed by atoms with Crippen molar-refractivity contribution in [3.8, 4) is 0 Å². The number of aliphatic hydroxyl groups is 1. The van der Waals surface area contributed by atoms with Crippen molar-refractivity contribution in [2.75, 3.05) is 19.8 Å². The third kappa shape index (κ3) is 41.4. The highest BCUT2D eigenvalue weighted by atomic mass is 16.6. The maximum absolute atomic E-state index is 12.2. The van der Waals surface area contributed by atoms with Gasteiger partial charge in [-0.25, -0.2) is 0 Å². The molecule has 1 N–H and O–H groups in total. The standard InChI is InChI=1S/C45H88O4/c1-3-5-7-9-11-13-15-17-18-19-20-21-22-23-24-25-26-27-28-29-30-32-34-36-38-40-45(47)49-44(42-46)43-48-41-39-37-35-33-31-16-14-12-10-8-6-4-2/h19-20,44,46H,3-18,21-43H2,1-2H3/b20-19-. The van der Waals surface area contributed by atoms with E-state index < -0.39 is 6.10 Å². The number of allylic oxidation sites excluding steroid dienone is 2. The summed E-state index contributed by atoms with van der Waals surface area (Å²) < 4.78 is 11.1. The van der Waals surface area contributed by atoms with Crippen molar-refractivity contribution < 1.29 is 19.4 Å². The maximum atomic E-state index is 12.2. The molecular formula is C45H88O4. The Morgan fingerprint density at radius 1 is 0.469 bits per heavy atom. The predicted molar refractivity (Wildman–Crippen MR) is 214 cm³/mol. The molecule has 0 radical (unpaired) electrons. The third-order valence-electron chi connectivity index (χ3n) is 10.1. The third-order valence-corrected chi connectivity index (χ3v) is 10.1. The number of esters is 1. The van der Waals surface area contributed by atoms with Gasteiger partial charge in [0.1, 0.15) is 6.10 Å². The number of aliphatic hydroxyl groups excluding tert-OH is 1. The van der Waals surface area contributed by atoms with E-state index in [1.807, 2.05) is 0 Å². The molecule has 0 aromatic carbocycles. The van der Waals surface area contributed by atoms with E-state index in [1.54, 1.807) is 0 Å². The summed E-state index contributed by atoms with van der Waals surface area (Å²) in [6.45, 7) is 5.38. The van der Waals surface area contributed by atoms with E-state index in [9.17, 15) is 9.90 Å². The molecule has 0 aliphatic carbocycles. The lowest BCUT2D eigenvalue weighted by Gasteiger charge is -2.16. The van der Waals surface area contributed by atoms with Gasteiger partial charge in [-0.15, -0.1) is 0 Å². The molecule has 4 heteroatoms. The summed E-state index contributed by atoms with van der Waals surface area (Å²) in [5, 5.41) is 9.59. The van der Waals surface area contributed by atoms with Crippen LogP contribution in [0.25, 0.3) is 0 Å². The zero-order chi connectivity index (χ0) is 35.6. The molecular weight excluding hydrogens is 604 g/mol. The molecule has 0 spiro atoms. The first-order valence-electron chi connectivity index (χ1n) is 22.3. The van der Waals surface area contributed by atoms with Crippen molar-refractivity contribution in [2.24, 2.45) is 0 Å². The molecule has 0 amide bonds. The van der Waals surface area contributed by atoms with E-state index in [4.69, 9.17) is 9.47 Å². The van der Waals surface area contributed by atoms with Crippen LogP contribution in [-0.4, -0.2) is 37.0 Å². The highest BCUT2D eigenvalue weighted by molar-refractivity contribution is 5.69. The van der Waals surface area contributed by atoms with Gasteiger partial charge >= 0.3 is 5.97 Å². The molecule has 0 saturated heterocycles. The van der Waals surface area contributed by atoms with Crippen molar-refractivity contribution in [1.82, 2.24) is 0 Å². The van der Waals surface area contributed by atoms with Crippen LogP contribution in [0.5, 0.6) is 0 Å². The lowest BCUT2D eigenvalue weighted by Crippen LogP contribution is -2.27. The molecule has 1 unspecified atom stereocenters. The monoisotopic (exact) mass is 693 g/mol. The second-order valence-electron chi connectivity index (χ2n) is 15.1. The Morgan fingerprint density at radius 3 is 1.16 bits per heavy atom. The number of hydrogen-bond donors (Lipinski definition) is 1. The topological polar surface area (TPSA) is 55.8 Å². The molecule has 0 aromatic heterocycles. The first-order valence-corrected chi connectivity index (χ1v) is 22.3. The lowest BCUT2D eigenvalue weighted by molar-refractivity contribution is -0.154. The summed E-state index contributed by atoms with van der Waals surface area (Å²) in [6, 6.07) is 0. The number of rotatable bonds is 42. The van der Waals surface area contributed by atoms with Crippen molar-refractivity contribution >= 4 is 5.97 Å². The van der Waals surface area contributed by atoms with Gasteiger partial charge < -0.3 is 14.6 Å².